The first-order valence-corrected chi connectivity index (χ1v) is 20.4. The molecule has 0 saturated carbocycles. The van der Waals surface area contributed by atoms with Gasteiger partial charge in [-0.25, -0.2) is 0 Å². The molecule has 0 radical (unpaired) electrons. The lowest BCUT2D eigenvalue weighted by Gasteiger charge is -2.27. The van der Waals surface area contributed by atoms with Gasteiger partial charge >= 0.3 is 0 Å². The highest BCUT2D eigenvalue weighted by molar-refractivity contribution is 6.11. The number of ether oxygens (including phenoxy) is 4. The average molecular weight is 799 g/mol. The van der Waals surface area contributed by atoms with E-state index in [0.29, 0.717) is 35.8 Å². The van der Waals surface area contributed by atoms with Crippen LogP contribution in [0.25, 0.3) is 0 Å². The summed E-state index contributed by atoms with van der Waals surface area (Å²) in [5, 5.41) is 42.7. The van der Waals surface area contributed by atoms with E-state index in [4.69, 9.17) is 18.9 Å². The van der Waals surface area contributed by atoms with Gasteiger partial charge in [0.25, 0.3) is 0 Å². The number of hydrogen-bond acceptors (Lipinski definition) is 10. The minimum absolute atomic E-state index is 0.0329. The maximum atomic E-state index is 13.2. The summed E-state index contributed by atoms with van der Waals surface area (Å²) in [6.45, 7) is 13.4. The van der Waals surface area contributed by atoms with Crippen LogP contribution >= 0.6 is 0 Å². The van der Waals surface area contributed by atoms with E-state index in [2.05, 4.69) is 0 Å². The highest BCUT2D eigenvalue weighted by Crippen LogP contribution is 2.40. The number of unbranched alkanes of at least 4 members (excludes halogenated alkanes) is 3. The molecule has 4 N–H and O–H groups in total. The van der Waals surface area contributed by atoms with Gasteiger partial charge in [-0.1, -0.05) is 115 Å². The van der Waals surface area contributed by atoms with E-state index in [0.717, 1.165) is 49.7 Å². The van der Waals surface area contributed by atoms with Crippen LogP contribution in [0.1, 0.15) is 123 Å². The molecule has 0 heterocycles. The van der Waals surface area contributed by atoms with E-state index in [-0.39, 0.29) is 71.4 Å². The Hall–Kier alpha value is -4.74. The van der Waals surface area contributed by atoms with Gasteiger partial charge in [0.05, 0.1) is 24.3 Å². The van der Waals surface area contributed by atoms with Crippen molar-refractivity contribution in [2.45, 2.75) is 103 Å². The highest BCUT2D eigenvalue weighted by atomic mass is 16.5. The van der Waals surface area contributed by atoms with Crippen LogP contribution in [0.5, 0.6) is 23.0 Å². The molecule has 0 spiro atoms. The molecule has 4 rings (SSSR count). The topological polar surface area (TPSA) is 152 Å². The third kappa shape index (κ3) is 12.9. The summed E-state index contributed by atoms with van der Waals surface area (Å²) in [5.41, 5.74) is 2.24. The molecule has 58 heavy (non-hydrogen) atoms. The van der Waals surface area contributed by atoms with Gasteiger partial charge in [-0.2, -0.15) is 0 Å². The summed E-state index contributed by atoms with van der Waals surface area (Å²) < 4.78 is 23.4. The number of aromatic hydroxyl groups is 2. The molecule has 0 bridgehead atoms. The van der Waals surface area contributed by atoms with Crippen LogP contribution < -0.4 is 9.47 Å². The van der Waals surface area contributed by atoms with Gasteiger partial charge in [-0.05, 0) is 48.6 Å². The van der Waals surface area contributed by atoms with Crippen molar-refractivity contribution in [2.75, 3.05) is 39.6 Å². The maximum Gasteiger partial charge on any atom is 0.196 e. The van der Waals surface area contributed by atoms with E-state index >= 15 is 0 Å². The van der Waals surface area contributed by atoms with Crippen molar-refractivity contribution in [1.29, 1.82) is 0 Å². The zero-order valence-corrected chi connectivity index (χ0v) is 35.0. The maximum absolute atomic E-state index is 13.2. The lowest BCUT2D eigenvalue weighted by molar-refractivity contribution is 0.00786. The predicted molar refractivity (Wildman–Crippen MR) is 226 cm³/mol. The number of carbonyl (C=O) groups excluding carboxylic acids is 2. The number of ketones is 2. The van der Waals surface area contributed by atoms with Crippen LogP contribution in [0.15, 0.2) is 84.9 Å². The molecule has 10 nitrogen and oxygen atoms in total. The summed E-state index contributed by atoms with van der Waals surface area (Å²) in [5.74, 6) is -0.0562. The van der Waals surface area contributed by atoms with E-state index in [1.807, 2.05) is 53.7 Å². The molecule has 0 aromatic heterocycles. The zero-order valence-electron chi connectivity index (χ0n) is 35.0. The minimum Gasteiger partial charge on any atom is -0.507 e. The van der Waals surface area contributed by atoms with Crippen LogP contribution in [0.2, 0.25) is 0 Å². The number of rotatable bonds is 25. The van der Waals surface area contributed by atoms with Gasteiger partial charge in [0.15, 0.2) is 11.6 Å². The monoisotopic (exact) mass is 798 g/mol. The van der Waals surface area contributed by atoms with Gasteiger partial charge in [-0.15, -0.1) is 0 Å². The van der Waals surface area contributed by atoms with E-state index in [1.165, 1.54) is 12.1 Å². The van der Waals surface area contributed by atoms with Crippen LogP contribution in [-0.2, 0) is 20.3 Å². The third-order valence-electron chi connectivity index (χ3n) is 10.8. The van der Waals surface area contributed by atoms with Crippen LogP contribution in [0.4, 0.5) is 0 Å². The van der Waals surface area contributed by atoms with E-state index < -0.39 is 12.2 Å². The molecule has 314 valence electrons. The Morgan fingerprint density at radius 3 is 1.26 bits per heavy atom. The van der Waals surface area contributed by atoms with Crippen molar-refractivity contribution in [2.24, 2.45) is 0 Å². The van der Waals surface area contributed by atoms with Crippen molar-refractivity contribution in [3.05, 3.63) is 118 Å². The highest BCUT2D eigenvalue weighted by Gasteiger charge is 2.29. The van der Waals surface area contributed by atoms with Crippen LogP contribution in [0, 0.1) is 0 Å². The van der Waals surface area contributed by atoms with Crippen molar-refractivity contribution in [3.63, 3.8) is 0 Å². The zero-order chi connectivity index (χ0) is 42.3. The number of hydrogen-bond donors (Lipinski definition) is 4. The fourth-order valence-corrected chi connectivity index (χ4v) is 6.34. The summed E-state index contributed by atoms with van der Waals surface area (Å²) >= 11 is 0. The molecule has 0 aliphatic carbocycles. The van der Waals surface area contributed by atoms with Crippen LogP contribution in [-0.4, -0.2) is 83.8 Å². The Balaban J connectivity index is 1.13. The molecule has 10 heteroatoms. The molecule has 2 atom stereocenters. The van der Waals surface area contributed by atoms with Gasteiger partial charge in [0, 0.05) is 47.6 Å². The lowest BCUT2D eigenvalue weighted by atomic mass is 9.80. The van der Waals surface area contributed by atoms with Crippen molar-refractivity contribution < 1.29 is 49.0 Å². The molecule has 4 aromatic carbocycles. The summed E-state index contributed by atoms with van der Waals surface area (Å²) in [7, 11) is 0. The second-order valence-corrected chi connectivity index (χ2v) is 16.1. The standard InChI is InChI=1S/C48H62O10/c1-7-47(3,4)39-25-37(45(53)33-19-13-11-14-20-33)41(51)27-43(39)57-31-35(49)29-55-23-17-9-10-18-24-56-30-36(50)32-58-44-28-42(52)38(26-40(44)48(5,6)8-2)46(54)34-21-15-12-16-22-34/h11-16,19-22,25-28,35-36,49-52H,7-10,17-18,23-24,29-32H2,1-6H3. The molecular weight excluding hydrogens is 737 g/mol. The summed E-state index contributed by atoms with van der Waals surface area (Å²) in [6.07, 6.45) is 3.21. The largest absolute Gasteiger partial charge is 0.507 e. The number of carbonyl (C=O) groups is 2. The fraction of sp³-hybridized carbons (Fsp3) is 0.458. The Bertz CT molecular complexity index is 1770. The van der Waals surface area contributed by atoms with Gasteiger partial charge < -0.3 is 39.4 Å². The van der Waals surface area contributed by atoms with Gasteiger partial charge in [0.1, 0.15) is 48.4 Å². The van der Waals surface area contributed by atoms with Crippen molar-refractivity contribution >= 4 is 11.6 Å². The number of aliphatic hydroxyl groups excluding tert-OH is 2. The first-order valence-electron chi connectivity index (χ1n) is 20.4. The second-order valence-electron chi connectivity index (χ2n) is 16.1. The Morgan fingerprint density at radius 1 is 0.552 bits per heavy atom. The average Bonchev–Trinajstić information content (AvgIpc) is 3.22. The number of phenols is 2. The molecule has 4 aromatic rings. The Labute approximate surface area is 343 Å². The Kier molecular flexibility index (Phi) is 17.3. The van der Waals surface area contributed by atoms with Gasteiger partial charge in [-0.3, -0.25) is 9.59 Å². The molecule has 0 fully saturated rings. The molecular formula is C48H62O10. The first-order chi connectivity index (χ1) is 27.7. The van der Waals surface area contributed by atoms with E-state index in [9.17, 15) is 30.0 Å². The molecule has 0 aliphatic rings. The summed E-state index contributed by atoms with van der Waals surface area (Å²) in [6, 6.07) is 24.0. The predicted octanol–water partition coefficient (Wildman–Crippen LogP) is 8.71. The second kappa shape index (κ2) is 21.9. The number of phenolic OH excluding ortho intramolecular Hbond substituents is 2. The molecule has 0 amide bonds. The quantitative estimate of drug-likeness (QED) is 0.0379. The molecule has 0 saturated heterocycles. The third-order valence-corrected chi connectivity index (χ3v) is 10.8. The first kappa shape index (κ1) is 46.0. The Morgan fingerprint density at radius 2 is 0.914 bits per heavy atom. The van der Waals surface area contributed by atoms with Gasteiger partial charge in [0.2, 0.25) is 0 Å². The molecule has 0 aliphatic heterocycles. The lowest BCUT2D eigenvalue weighted by Crippen LogP contribution is -2.25. The number of aliphatic hydroxyl groups is 2. The fourth-order valence-electron chi connectivity index (χ4n) is 6.34. The van der Waals surface area contributed by atoms with Crippen LogP contribution in [0.3, 0.4) is 0 Å². The normalized spacial score (nSPS) is 12.9. The van der Waals surface area contributed by atoms with E-state index in [1.54, 1.807) is 60.7 Å². The van der Waals surface area contributed by atoms with Crippen molar-refractivity contribution in [1.82, 2.24) is 0 Å². The minimum atomic E-state index is -0.882. The smallest absolute Gasteiger partial charge is 0.196 e. The number of benzene rings is 4. The van der Waals surface area contributed by atoms with Crippen molar-refractivity contribution in [3.8, 4) is 23.0 Å². The summed E-state index contributed by atoms with van der Waals surface area (Å²) in [4.78, 5) is 26.3. The molecule has 2 unspecified atom stereocenters. The SMILES string of the molecule is CCC(C)(C)c1cc(C(=O)c2ccccc2)c(O)cc1OCC(O)COCCCCCCOCC(O)COc1cc(O)c(C(=O)c2ccccc2)cc1C(C)(C)CC.